The average molecular weight is 565 g/mol. The highest BCUT2D eigenvalue weighted by Gasteiger charge is 2.41. The van der Waals surface area contributed by atoms with Crippen LogP contribution in [0.1, 0.15) is 55.3 Å². The fourth-order valence-electron chi connectivity index (χ4n) is 6.06. The first-order chi connectivity index (χ1) is 19.2. The van der Waals surface area contributed by atoms with Crippen LogP contribution < -0.4 is 9.64 Å². The number of benzene rings is 3. The van der Waals surface area contributed by atoms with Gasteiger partial charge < -0.3 is 14.7 Å². The van der Waals surface area contributed by atoms with Crippen LogP contribution in [-0.4, -0.2) is 49.5 Å². The zero-order chi connectivity index (χ0) is 28.0. The van der Waals surface area contributed by atoms with Crippen LogP contribution in [0.25, 0.3) is 11.1 Å². The van der Waals surface area contributed by atoms with Gasteiger partial charge in [0.25, 0.3) is 0 Å². The Morgan fingerprint density at radius 1 is 0.975 bits per heavy atom. The monoisotopic (exact) mass is 564 g/mol. The van der Waals surface area contributed by atoms with Crippen molar-refractivity contribution in [2.75, 3.05) is 18.5 Å². The highest BCUT2D eigenvalue weighted by atomic mass is 32.2. The van der Waals surface area contributed by atoms with Gasteiger partial charge in [0.1, 0.15) is 16.5 Å². The SMILES string of the molecule is CN1[C@H](C2CCCCC2)CN(c2ccccc2)c2cc(OC3CC3)c(-c3ccc(F)c(C(=O)O)c3)cc2S1(=O)=O. The van der Waals surface area contributed by atoms with E-state index in [4.69, 9.17) is 4.74 Å². The van der Waals surface area contributed by atoms with Crippen molar-refractivity contribution in [3.63, 3.8) is 0 Å². The molecule has 9 heteroatoms. The normalized spacial score (nSPS) is 21.4. The zero-order valence-electron chi connectivity index (χ0n) is 22.4. The van der Waals surface area contributed by atoms with Gasteiger partial charge in [-0.15, -0.1) is 0 Å². The first-order valence-corrected chi connectivity index (χ1v) is 15.4. The topological polar surface area (TPSA) is 87.2 Å². The second kappa shape index (κ2) is 10.5. The van der Waals surface area contributed by atoms with Gasteiger partial charge in [-0.3, -0.25) is 0 Å². The summed E-state index contributed by atoms with van der Waals surface area (Å²) >= 11 is 0. The van der Waals surface area contributed by atoms with Crippen molar-refractivity contribution in [3.8, 4) is 16.9 Å². The van der Waals surface area contributed by atoms with Gasteiger partial charge in [0.2, 0.25) is 10.0 Å². The van der Waals surface area contributed by atoms with E-state index >= 15 is 0 Å². The first-order valence-electron chi connectivity index (χ1n) is 13.9. The van der Waals surface area contributed by atoms with E-state index in [1.165, 1.54) is 22.9 Å². The molecule has 3 aromatic carbocycles. The van der Waals surface area contributed by atoms with Gasteiger partial charge in [-0.1, -0.05) is 43.5 Å². The zero-order valence-corrected chi connectivity index (χ0v) is 23.2. The van der Waals surface area contributed by atoms with Crippen molar-refractivity contribution in [2.45, 2.75) is 62.0 Å². The van der Waals surface area contributed by atoms with Crippen LogP contribution in [0.3, 0.4) is 0 Å². The molecule has 2 fully saturated rings. The standard InChI is InChI=1S/C31H33FN2O5S/c1-33-28(20-8-4-2-5-9-20)19-34(22-10-6-3-7-11-22)27-18-29(39-23-13-14-23)24(17-30(27)40(33,37)38)21-12-15-26(32)25(16-21)31(35)36/h3,6-7,10-12,15-18,20,23,28H,2,4-5,8-9,13-14,19H2,1H3,(H,35,36)/t28-/m0/s1. The van der Waals surface area contributed by atoms with Crippen molar-refractivity contribution in [1.82, 2.24) is 4.31 Å². The van der Waals surface area contributed by atoms with E-state index < -0.39 is 27.4 Å². The molecule has 0 saturated heterocycles. The number of carboxylic acid groups (broad SMARTS) is 1. The van der Waals surface area contributed by atoms with Crippen molar-refractivity contribution >= 4 is 27.4 Å². The van der Waals surface area contributed by atoms with E-state index in [0.29, 0.717) is 29.1 Å². The molecule has 2 saturated carbocycles. The van der Waals surface area contributed by atoms with Crippen molar-refractivity contribution in [2.24, 2.45) is 5.92 Å². The molecule has 0 radical (unpaired) electrons. The molecule has 6 rings (SSSR count). The largest absolute Gasteiger partial charge is 0.490 e. The summed E-state index contributed by atoms with van der Waals surface area (Å²) in [6, 6.07) is 16.7. The summed E-state index contributed by atoms with van der Waals surface area (Å²) in [5.74, 6) is -1.55. The minimum atomic E-state index is -3.95. The number of halogens is 1. The molecule has 1 atom stereocenters. The van der Waals surface area contributed by atoms with Crippen molar-refractivity contribution in [3.05, 3.63) is 72.0 Å². The quantitative estimate of drug-likeness (QED) is 0.370. The number of fused-ring (bicyclic) bond motifs is 1. The van der Waals surface area contributed by atoms with Crippen LogP contribution in [0, 0.1) is 11.7 Å². The molecule has 1 aliphatic heterocycles. The van der Waals surface area contributed by atoms with Crippen LogP contribution in [-0.2, 0) is 10.0 Å². The number of likely N-dealkylation sites (N-methyl/N-ethyl adjacent to an activating group) is 1. The fourth-order valence-corrected chi connectivity index (χ4v) is 7.67. The molecule has 0 bridgehead atoms. The van der Waals surface area contributed by atoms with Gasteiger partial charge in [0, 0.05) is 37.0 Å². The predicted octanol–water partition coefficient (Wildman–Crippen LogP) is 6.45. The Bertz CT molecular complexity index is 1530. The Labute approximate surface area is 234 Å². The summed E-state index contributed by atoms with van der Waals surface area (Å²) in [6.45, 7) is 0.499. The molecule has 0 amide bonds. The Kier molecular flexibility index (Phi) is 7.04. The van der Waals surface area contributed by atoms with Crippen LogP contribution in [0.15, 0.2) is 65.6 Å². The number of carbonyl (C=O) groups is 1. The van der Waals surface area contributed by atoms with Gasteiger partial charge in [-0.25, -0.2) is 17.6 Å². The maximum atomic E-state index is 14.3. The lowest BCUT2D eigenvalue weighted by Crippen LogP contribution is -2.46. The van der Waals surface area contributed by atoms with E-state index in [0.717, 1.165) is 50.3 Å². The number of hydrogen-bond acceptors (Lipinski definition) is 5. The lowest BCUT2D eigenvalue weighted by atomic mass is 9.83. The minimum absolute atomic E-state index is 0.00131. The minimum Gasteiger partial charge on any atom is -0.490 e. The Hall–Kier alpha value is -3.43. The first kappa shape index (κ1) is 26.8. The van der Waals surface area contributed by atoms with Gasteiger partial charge in [0.05, 0.1) is 17.4 Å². The summed E-state index contributed by atoms with van der Waals surface area (Å²) in [5, 5.41) is 9.54. The summed E-state index contributed by atoms with van der Waals surface area (Å²) in [6.07, 6.45) is 7.09. The number of hydrogen-bond donors (Lipinski definition) is 1. The summed E-state index contributed by atoms with van der Waals surface area (Å²) in [7, 11) is -2.28. The second-order valence-corrected chi connectivity index (χ2v) is 13.0. The van der Waals surface area contributed by atoms with E-state index in [-0.39, 0.29) is 23.0 Å². The third-order valence-electron chi connectivity index (χ3n) is 8.43. The maximum Gasteiger partial charge on any atom is 0.338 e. The molecule has 1 heterocycles. The van der Waals surface area contributed by atoms with Crippen molar-refractivity contribution < 1.29 is 27.4 Å². The van der Waals surface area contributed by atoms with Gasteiger partial charge in [-0.2, -0.15) is 4.31 Å². The van der Waals surface area contributed by atoms with E-state index in [9.17, 15) is 22.7 Å². The Morgan fingerprint density at radius 2 is 1.70 bits per heavy atom. The summed E-state index contributed by atoms with van der Waals surface area (Å²) in [5.41, 5.74) is 1.74. The second-order valence-electron chi connectivity index (χ2n) is 11.1. The molecule has 0 spiro atoms. The fraction of sp³-hybridized carbons (Fsp3) is 0.387. The molecular weight excluding hydrogens is 531 g/mol. The highest BCUT2D eigenvalue weighted by Crippen LogP contribution is 2.46. The number of ether oxygens (including phenoxy) is 1. The van der Waals surface area contributed by atoms with Gasteiger partial charge in [0.15, 0.2) is 0 Å². The number of carboxylic acids is 1. The Balaban J connectivity index is 1.57. The van der Waals surface area contributed by atoms with E-state index in [1.54, 1.807) is 19.2 Å². The molecule has 1 N–H and O–H groups in total. The third kappa shape index (κ3) is 4.97. The maximum absolute atomic E-state index is 14.3. The number of para-hydroxylation sites is 1. The van der Waals surface area contributed by atoms with Crippen LogP contribution in [0.4, 0.5) is 15.8 Å². The number of aromatic carboxylic acids is 1. The van der Waals surface area contributed by atoms with Gasteiger partial charge in [-0.05, 0) is 67.5 Å². The molecule has 210 valence electrons. The van der Waals surface area contributed by atoms with Gasteiger partial charge >= 0.3 is 5.97 Å². The van der Waals surface area contributed by atoms with Crippen LogP contribution >= 0.6 is 0 Å². The molecule has 7 nitrogen and oxygen atoms in total. The smallest absolute Gasteiger partial charge is 0.338 e. The lowest BCUT2D eigenvalue weighted by molar-refractivity contribution is 0.0692. The van der Waals surface area contributed by atoms with E-state index in [1.807, 2.05) is 30.3 Å². The Morgan fingerprint density at radius 3 is 2.38 bits per heavy atom. The average Bonchev–Trinajstić information content (AvgIpc) is 3.79. The molecular formula is C31H33FN2O5S. The highest BCUT2D eigenvalue weighted by molar-refractivity contribution is 7.89. The van der Waals surface area contributed by atoms with E-state index in [2.05, 4.69) is 4.90 Å². The third-order valence-corrected chi connectivity index (χ3v) is 10.3. The molecule has 3 aromatic rings. The number of nitrogens with zero attached hydrogens (tertiary/aromatic N) is 2. The predicted molar refractivity (Wildman–Crippen MR) is 151 cm³/mol. The summed E-state index contributed by atoms with van der Waals surface area (Å²) in [4.78, 5) is 13.9. The lowest BCUT2D eigenvalue weighted by Gasteiger charge is -2.36. The van der Waals surface area contributed by atoms with Crippen molar-refractivity contribution in [1.29, 1.82) is 0 Å². The molecule has 2 aliphatic carbocycles. The molecule has 3 aliphatic rings. The summed E-state index contributed by atoms with van der Waals surface area (Å²) < 4.78 is 50.8. The van der Waals surface area contributed by atoms with Crippen LogP contribution in [0.2, 0.25) is 0 Å². The van der Waals surface area contributed by atoms with Crippen LogP contribution in [0.5, 0.6) is 5.75 Å². The number of anilines is 2. The number of sulfonamides is 1. The molecule has 0 aromatic heterocycles. The molecule has 0 unspecified atom stereocenters. The molecule has 40 heavy (non-hydrogen) atoms. The number of rotatable bonds is 6.